The van der Waals surface area contributed by atoms with Gasteiger partial charge in [-0.05, 0) is 12.3 Å². The molecule has 1 saturated carbocycles. The lowest BCUT2D eigenvalue weighted by atomic mass is 10.0. The molecule has 0 saturated heterocycles. The highest BCUT2D eigenvalue weighted by Crippen LogP contribution is 2.44. The van der Waals surface area contributed by atoms with Gasteiger partial charge in [-0.1, -0.05) is 13.3 Å². The second-order valence-electron chi connectivity index (χ2n) is 3.45. The first kappa shape index (κ1) is 11.7. The summed E-state index contributed by atoms with van der Waals surface area (Å²) < 4.78 is 64.8. The molecular weight excluding hydrogens is 207 g/mol. The second-order valence-corrected chi connectivity index (χ2v) is 3.45. The van der Waals surface area contributed by atoms with Crippen LogP contribution in [0.2, 0.25) is 0 Å². The Balaban J connectivity index is 2.70. The third-order valence-electron chi connectivity index (χ3n) is 2.48. The van der Waals surface area contributed by atoms with E-state index in [1.807, 2.05) is 0 Å². The third kappa shape index (κ3) is 2.56. The second kappa shape index (κ2) is 3.64. The molecule has 1 nitrogen and oxygen atoms in total. The maximum atomic E-state index is 13.0. The highest BCUT2D eigenvalue weighted by atomic mass is 19.4. The molecule has 0 aromatic heterocycles. The van der Waals surface area contributed by atoms with Crippen molar-refractivity contribution >= 4 is 0 Å². The summed E-state index contributed by atoms with van der Waals surface area (Å²) in [7, 11) is 0. The van der Waals surface area contributed by atoms with Crippen LogP contribution in [-0.2, 0) is 4.74 Å². The van der Waals surface area contributed by atoms with E-state index in [-0.39, 0.29) is 12.8 Å². The molecule has 84 valence electrons. The van der Waals surface area contributed by atoms with Gasteiger partial charge in [-0.3, -0.25) is 4.74 Å². The Morgan fingerprint density at radius 3 is 2.36 bits per heavy atom. The van der Waals surface area contributed by atoms with Gasteiger partial charge < -0.3 is 0 Å². The molecule has 0 radical (unpaired) electrons. The summed E-state index contributed by atoms with van der Waals surface area (Å²) in [6.07, 6.45) is -7.15. The van der Waals surface area contributed by atoms with Crippen molar-refractivity contribution in [2.75, 3.05) is 0 Å². The van der Waals surface area contributed by atoms with Gasteiger partial charge in [0.05, 0.1) is 0 Å². The Morgan fingerprint density at radius 2 is 1.93 bits per heavy atom. The molecule has 1 aliphatic carbocycles. The van der Waals surface area contributed by atoms with E-state index in [1.54, 1.807) is 6.92 Å². The summed E-state index contributed by atoms with van der Waals surface area (Å²) in [6.45, 7) is 1.58. The first-order chi connectivity index (χ1) is 6.26. The first-order valence-electron chi connectivity index (χ1n) is 4.38. The number of hydrogen-bond acceptors (Lipinski definition) is 1. The van der Waals surface area contributed by atoms with Gasteiger partial charge in [-0.25, -0.2) is 8.78 Å². The van der Waals surface area contributed by atoms with Gasteiger partial charge in [0.15, 0.2) is 0 Å². The van der Waals surface area contributed by atoms with E-state index in [0.717, 1.165) is 0 Å². The van der Waals surface area contributed by atoms with Crippen molar-refractivity contribution in [1.29, 1.82) is 0 Å². The molecule has 0 heterocycles. The topological polar surface area (TPSA) is 9.23 Å². The summed E-state index contributed by atoms with van der Waals surface area (Å²) in [5.41, 5.74) is 0. The highest BCUT2D eigenvalue weighted by molar-refractivity contribution is 4.91. The minimum absolute atomic E-state index is 0.0875. The maximum absolute atomic E-state index is 13.0. The number of ether oxygens (including phenoxy) is 1. The molecule has 0 N–H and O–H groups in total. The third-order valence-corrected chi connectivity index (χ3v) is 2.48. The van der Waals surface area contributed by atoms with Crippen molar-refractivity contribution in [3.05, 3.63) is 0 Å². The Morgan fingerprint density at radius 1 is 1.36 bits per heavy atom. The van der Waals surface area contributed by atoms with Gasteiger partial charge in [-0.15, -0.1) is 13.2 Å². The molecule has 2 atom stereocenters. The number of rotatable bonds is 2. The highest BCUT2D eigenvalue weighted by Gasteiger charge is 2.54. The van der Waals surface area contributed by atoms with E-state index < -0.39 is 30.7 Å². The van der Waals surface area contributed by atoms with Crippen LogP contribution in [-0.4, -0.2) is 18.4 Å². The molecule has 0 aromatic rings. The quantitative estimate of drug-likeness (QED) is 0.646. The van der Waals surface area contributed by atoms with Gasteiger partial charge in [0.2, 0.25) is 0 Å². The number of halogens is 5. The van der Waals surface area contributed by atoms with Crippen LogP contribution in [0.4, 0.5) is 22.0 Å². The van der Waals surface area contributed by atoms with E-state index in [0.29, 0.717) is 0 Å². The summed E-state index contributed by atoms with van der Waals surface area (Å²) in [5.74, 6) is -4.05. The van der Waals surface area contributed by atoms with Crippen LogP contribution < -0.4 is 0 Å². The van der Waals surface area contributed by atoms with Crippen LogP contribution >= 0.6 is 0 Å². The van der Waals surface area contributed by atoms with Gasteiger partial charge in [0, 0.05) is 6.42 Å². The van der Waals surface area contributed by atoms with Crippen LogP contribution in [0.1, 0.15) is 26.2 Å². The number of alkyl halides is 5. The average Bonchev–Trinajstić information content (AvgIpc) is 2.25. The Bertz CT molecular complexity index is 200. The zero-order valence-electron chi connectivity index (χ0n) is 7.57. The standard InChI is InChI=1S/C8H11F5O/c1-2-5-3-4-7(9,10)6(5)14-8(11,12)13/h5-6H,2-4H2,1H3. The monoisotopic (exact) mass is 218 g/mol. The molecular formula is C8H11F5O. The molecule has 2 unspecified atom stereocenters. The Hall–Kier alpha value is -0.390. The average molecular weight is 218 g/mol. The Kier molecular flexibility index (Phi) is 3.04. The van der Waals surface area contributed by atoms with Crippen LogP contribution in [0.5, 0.6) is 0 Å². The molecule has 1 fully saturated rings. The fourth-order valence-electron chi connectivity index (χ4n) is 1.76. The molecule has 0 aliphatic heterocycles. The lowest BCUT2D eigenvalue weighted by Gasteiger charge is -2.24. The molecule has 1 rings (SSSR count). The van der Waals surface area contributed by atoms with Gasteiger partial charge in [-0.2, -0.15) is 0 Å². The van der Waals surface area contributed by atoms with Crippen molar-refractivity contribution < 1.29 is 26.7 Å². The van der Waals surface area contributed by atoms with Crippen LogP contribution in [0, 0.1) is 5.92 Å². The van der Waals surface area contributed by atoms with Gasteiger partial charge in [0.25, 0.3) is 5.92 Å². The van der Waals surface area contributed by atoms with Crippen molar-refractivity contribution in [3.8, 4) is 0 Å². The first-order valence-corrected chi connectivity index (χ1v) is 4.38. The van der Waals surface area contributed by atoms with Crippen molar-refractivity contribution in [1.82, 2.24) is 0 Å². The van der Waals surface area contributed by atoms with E-state index in [9.17, 15) is 22.0 Å². The summed E-state index contributed by atoms with van der Waals surface area (Å²) in [5, 5.41) is 0. The SMILES string of the molecule is CCC1CCC(F)(F)C1OC(F)(F)F. The summed E-state index contributed by atoms with van der Waals surface area (Å²) in [6, 6.07) is 0. The summed E-state index contributed by atoms with van der Waals surface area (Å²) in [4.78, 5) is 0. The molecule has 0 amide bonds. The van der Waals surface area contributed by atoms with E-state index in [4.69, 9.17) is 0 Å². The van der Waals surface area contributed by atoms with Gasteiger partial charge >= 0.3 is 6.36 Å². The fourth-order valence-corrected chi connectivity index (χ4v) is 1.76. The van der Waals surface area contributed by atoms with Crippen molar-refractivity contribution in [3.63, 3.8) is 0 Å². The maximum Gasteiger partial charge on any atom is 0.522 e. The summed E-state index contributed by atoms with van der Waals surface area (Å²) >= 11 is 0. The smallest absolute Gasteiger partial charge is 0.282 e. The molecule has 1 aliphatic rings. The largest absolute Gasteiger partial charge is 0.522 e. The molecule has 14 heavy (non-hydrogen) atoms. The minimum atomic E-state index is -4.98. The fraction of sp³-hybridized carbons (Fsp3) is 1.00. The van der Waals surface area contributed by atoms with Crippen molar-refractivity contribution in [2.24, 2.45) is 5.92 Å². The van der Waals surface area contributed by atoms with Crippen molar-refractivity contribution in [2.45, 2.75) is 44.6 Å². The molecule has 0 spiro atoms. The zero-order valence-corrected chi connectivity index (χ0v) is 7.57. The normalized spacial score (nSPS) is 32.1. The van der Waals surface area contributed by atoms with E-state index in [2.05, 4.69) is 4.74 Å². The molecule has 0 bridgehead atoms. The lowest BCUT2D eigenvalue weighted by Crippen LogP contribution is -2.38. The predicted octanol–water partition coefficient (Wildman–Crippen LogP) is 3.35. The van der Waals surface area contributed by atoms with E-state index >= 15 is 0 Å². The van der Waals surface area contributed by atoms with Crippen LogP contribution in [0.3, 0.4) is 0 Å². The lowest BCUT2D eigenvalue weighted by molar-refractivity contribution is -0.366. The van der Waals surface area contributed by atoms with Gasteiger partial charge in [0.1, 0.15) is 6.10 Å². The number of hydrogen-bond donors (Lipinski definition) is 0. The van der Waals surface area contributed by atoms with Crippen LogP contribution in [0.25, 0.3) is 0 Å². The molecule has 0 aromatic carbocycles. The molecule has 6 heteroatoms. The van der Waals surface area contributed by atoms with Crippen LogP contribution in [0.15, 0.2) is 0 Å². The van der Waals surface area contributed by atoms with E-state index in [1.165, 1.54) is 0 Å². The zero-order chi connectivity index (χ0) is 11.0. The minimum Gasteiger partial charge on any atom is -0.282 e. The Labute approximate surface area is 78.2 Å². The predicted molar refractivity (Wildman–Crippen MR) is 38.9 cm³/mol.